The van der Waals surface area contributed by atoms with Crippen LogP contribution < -0.4 is 10.6 Å². The van der Waals surface area contributed by atoms with Crippen LogP contribution in [0.25, 0.3) is 0 Å². The van der Waals surface area contributed by atoms with E-state index >= 15 is 0 Å². The average molecular weight is 286 g/mol. The van der Waals surface area contributed by atoms with Crippen LogP contribution in [-0.4, -0.2) is 12.1 Å². The van der Waals surface area contributed by atoms with Crippen molar-refractivity contribution in [3.8, 4) is 0 Å². The Morgan fingerprint density at radius 1 is 1.30 bits per heavy atom. The number of amides is 2. The van der Waals surface area contributed by atoms with E-state index in [9.17, 15) is 18.0 Å². The standard InChI is InChI=1S/C14H17F3N2O/c1-9(18-13(20)19-10-5-4-6-10)11-7-2-3-8-12(11)14(15,16)17/h2-3,7-10H,4-6H2,1H3,(H2,18,19,20)/t9-/m1/s1. The van der Waals surface area contributed by atoms with Crippen LogP contribution in [0.15, 0.2) is 24.3 Å². The van der Waals surface area contributed by atoms with Gasteiger partial charge in [-0.05, 0) is 37.8 Å². The number of alkyl halides is 3. The Morgan fingerprint density at radius 3 is 2.50 bits per heavy atom. The average Bonchev–Trinajstić information content (AvgIpc) is 2.33. The molecule has 6 heteroatoms. The highest BCUT2D eigenvalue weighted by molar-refractivity contribution is 5.74. The molecular formula is C14H17F3N2O. The molecule has 0 radical (unpaired) electrons. The number of halogens is 3. The predicted octanol–water partition coefficient (Wildman–Crippen LogP) is 3.62. The van der Waals surface area contributed by atoms with Crippen molar-refractivity contribution in [2.75, 3.05) is 0 Å². The Labute approximate surface area is 115 Å². The summed E-state index contributed by atoms with van der Waals surface area (Å²) < 4.78 is 38.7. The number of rotatable bonds is 3. The van der Waals surface area contributed by atoms with Gasteiger partial charge in [0.25, 0.3) is 0 Å². The van der Waals surface area contributed by atoms with Crippen LogP contribution in [0.3, 0.4) is 0 Å². The molecule has 0 aliphatic heterocycles. The van der Waals surface area contributed by atoms with E-state index in [0.717, 1.165) is 25.3 Å². The van der Waals surface area contributed by atoms with Gasteiger partial charge in [-0.1, -0.05) is 18.2 Å². The van der Waals surface area contributed by atoms with Gasteiger partial charge in [0.1, 0.15) is 0 Å². The molecule has 110 valence electrons. The Bertz CT molecular complexity index is 484. The van der Waals surface area contributed by atoms with Crippen molar-refractivity contribution in [3.63, 3.8) is 0 Å². The maximum atomic E-state index is 12.9. The maximum absolute atomic E-state index is 12.9. The molecule has 1 aliphatic carbocycles. The van der Waals surface area contributed by atoms with Gasteiger partial charge < -0.3 is 10.6 Å². The quantitative estimate of drug-likeness (QED) is 0.875. The minimum atomic E-state index is -4.42. The van der Waals surface area contributed by atoms with Gasteiger partial charge in [0.2, 0.25) is 0 Å². The largest absolute Gasteiger partial charge is 0.416 e. The summed E-state index contributed by atoms with van der Waals surface area (Å²) in [6.07, 6.45) is -1.48. The second-order valence-corrected chi connectivity index (χ2v) is 5.05. The van der Waals surface area contributed by atoms with Crippen molar-refractivity contribution in [1.82, 2.24) is 10.6 Å². The summed E-state index contributed by atoms with van der Waals surface area (Å²) >= 11 is 0. The first-order valence-electron chi connectivity index (χ1n) is 6.61. The molecule has 0 spiro atoms. The maximum Gasteiger partial charge on any atom is 0.416 e. The zero-order chi connectivity index (χ0) is 14.8. The zero-order valence-electron chi connectivity index (χ0n) is 11.1. The van der Waals surface area contributed by atoms with Crippen LogP contribution in [-0.2, 0) is 6.18 Å². The van der Waals surface area contributed by atoms with E-state index in [1.165, 1.54) is 18.2 Å². The Kier molecular flexibility index (Phi) is 4.20. The lowest BCUT2D eigenvalue weighted by atomic mass is 9.93. The molecule has 1 aromatic rings. The van der Waals surface area contributed by atoms with Crippen molar-refractivity contribution in [2.24, 2.45) is 0 Å². The summed E-state index contributed by atoms with van der Waals surface area (Å²) in [5, 5.41) is 5.30. The second kappa shape index (κ2) is 5.73. The minimum absolute atomic E-state index is 0.0729. The van der Waals surface area contributed by atoms with Crippen molar-refractivity contribution >= 4 is 6.03 Å². The third kappa shape index (κ3) is 3.43. The van der Waals surface area contributed by atoms with Gasteiger partial charge in [-0.2, -0.15) is 13.2 Å². The van der Waals surface area contributed by atoms with Crippen LogP contribution in [0, 0.1) is 0 Å². The van der Waals surface area contributed by atoms with Gasteiger partial charge in [-0.25, -0.2) is 4.79 Å². The normalized spacial score (nSPS) is 17.2. The molecule has 2 rings (SSSR count). The predicted molar refractivity (Wildman–Crippen MR) is 69.2 cm³/mol. The van der Waals surface area contributed by atoms with Crippen LogP contribution in [0.4, 0.5) is 18.0 Å². The SMILES string of the molecule is C[C@@H](NC(=O)NC1CCC1)c1ccccc1C(F)(F)F. The molecule has 0 unspecified atom stereocenters. The molecule has 1 aromatic carbocycles. The molecule has 0 bridgehead atoms. The molecule has 2 N–H and O–H groups in total. The number of carbonyl (C=O) groups is 1. The van der Waals surface area contributed by atoms with E-state index in [-0.39, 0.29) is 11.6 Å². The van der Waals surface area contributed by atoms with Gasteiger partial charge in [0.05, 0.1) is 11.6 Å². The number of carbonyl (C=O) groups excluding carboxylic acids is 1. The van der Waals surface area contributed by atoms with Gasteiger partial charge >= 0.3 is 12.2 Å². The van der Waals surface area contributed by atoms with Gasteiger partial charge in [0, 0.05) is 6.04 Å². The summed E-state index contributed by atoms with van der Waals surface area (Å²) in [5.41, 5.74) is -0.639. The Hall–Kier alpha value is -1.72. The number of benzene rings is 1. The summed E-state index contributed by atoms with van der Waals surface area (Å²) in [7, 11) is 0. The molecule has 1 saturated carbocycles. The van der Waals surface area contributed by atoms with Crippen molar-refractivity contribution in [3.05, 3.63) is 35.4 Å². The number of hydrogen-bond acceptors (Lipinski definition) is 1. The molecular weight excluding hydrogens is 269 g/mol. The summed E-state index contributed by atoms with van der Waals surface area (Å²) in [6.45, 7) is 1.55. The molecule has 1 aliphatic rings. The number of nitrogens with one attached hydrogen (secondary N) is 2. The first-order chi connectivity index (χ1) is 9.38. The van der Waals surface area contributed by atoms with E-state index in [2.05, 4.69) is 10.6 Å². The topological polar surface area (TPSA) is 41.1 Å². The Balaban J connectivity index is 2.04. The Morgan fingerprint density at radius 2 is 1.95 bits per heavy atom. The molecule has 0 heterocycles. The highest BCUT2D eigenvalue weighted by Crippen LogP contribution is 2.34. The molecule has 20 heavy (non-hydrogen) atoms. The molecule has 2 amide bonds. The molecule has 1 fully saturated rings. The highest BCUT2D eigenvalue weighted by Gasteiger charge is 2.34. The van der Waals surface area contributed by atoms with Gasteiger partial charge in [-0.3, -0.25) is 0 Å². The summed E-state index contributed by atoms with van der Waals surface area (Å²) in [6, 6.07) is 4.32. The monoisotopic (exact) mass is 286 g/mol. The summed E-state index contributed by atoms with van der Waals surface area (Å²) in [5.74, 6) is 0. The van der Waals surface area contributed by atoms with E-state index in [0.29, 0.717) is 0 Å². The lowest BCUT2D eigenvalue weighted by Gasteiger charge is -2.27. The second-order valence-electron chi connectivity index (χ2n) is 5.05. The fourth-order valence-electron chi connectivity index (χ4n) is 2.19. The van der Waals surface area contributed by atoms with Crippen LogP contribution in [0.5, 0.6) is 0 Å². The van der Waals surface area contributed by atoms with Crippen LogP contribution in [0.1, 0.15) is 43.4 Å². The number of urea groups is 1. The third-order valence-corrected chi connectivity index (χ3v) is 3.52. The van der Waals surface area contributed by atoms with Crippen molar-refractivity contribution in [1.29, 1.82) is 0 Å². The lowest BCUT2D eigenvalue weighted by Crippen LogP contribution is -2.45. The molecule has 0 saturated heterocycles. The third-order valence-electron chi connectivity index (χ3n) is 3.52. The summed E-state index contributed by atoms with van der Waals surface area (Å²) in [4.78, 5) is 11.7. The van der Waals surface area contributed by atoms with E-state index in [4.69, 9.17) is 0 Å². The first kappa shape index (κ1) is 14.7. The molecule has 0 aromatic heterocycles. The smallest absolute Gasteiger partial charge is 0.335 e. The van der Waals surface area contributed by atoms with Crippen molar-refractivity contribution < 1.29 is 18.0 Å². The number of hydrogen-bond donors (Lipinski definition) is 2. The van der Waals surface area contributed by atoms with Gasteiger partial charge in [0.15, 0.2) is 0 Å². The minimum Gasteiger partial charge on any atom is -0.335 e. The molecule has 1 atom stereocenters. The lowest BCUT2D eigenvalue weighted by molar-refractivity contribution is -0.138. The first-order valence-corrected chi connectivity index (χ1v) is 6.61. The van der Waals surface area contributed by atoms with E-state index in [1.807, 2.05) is 0 Å². The zero-order valence-corrected chi connectivity index (χ0v) is 11.1. The fraction of sp³-hybridized carbons (Fsp3) is 0.500. The van der Waals surface area contributed by atoms with Crippen molar-refractivity contribution in [2.45, 2.75) is 44.4 Å². The van der Waals surface area contributed by atoms with Crippen LogP contribution in [0.2, 0.25) is 0 Å². The van der Waals surface area contributed by atoms with Crippen LogP contribution >= 0.6 is 0 Å². The highest BCUT2D eigenvalue weighted by atomic mass is 19.4. The van der Waals surface area contributed by atoms with E-state index < -0.39 is 23.8 Å². The fourth-order valence-corrected chi connectivity index (χ4v) is 2.19. The van der Waals surface area contributed by atoms with E-state index in [1.54, 1.807) is 6.92 Å². The van der Waals surface area contributed by atoms with Gasteiger partial charge in [-0.15, -0.1) is 0 Å². The molecule has 3 nitrogen and oxygen atoms in total.